The molecule has 2 aromatic rings. The quantitative estimate of drug-likeness (QED) is 0.522. The number of benzene rings is 2. The molecule has 2 N–H and O–H groups in total. The molecule has 2 rings (SSSR count). The lowest BCUT2D eigenvalue weighted by Crippen LogP contribution is -2.13. The molecule has 0 fully saturated rings. The summed E-state index contributed by atoms with van der Waals surface area (Å²) >= 11 is 0. The maximum atomic E-state index is 13.2. The van der Waals surface area contributed by atoms with Gasteiger partial charge in [-0.3, -0.25) is 9.59 Å². The highest BCUT2D eigenvalue weighted by Crippen LogP contribution is 2.40. The van der Waals surface area contributed by atoms with Crippen LogP contribution in [0.15, 0.2) is 24.3 Å². The molecule has 2 aromatic carbocycles. The third-order valence-electron chi connectivity index (χ3n) is 4.56. The summed E-state index contributed by atoms with van der Waals surface area (Å²) < 4.78 is 11.0. The summed E-state index contributed by atoms with van der Waals surface area (Å²) in [6, 6.07) is 5.94. The molecular formula is C22H26O6. The molecular weight excluding hydrogens is 360 g/mol. The van der Waals surface area contributed by atoms with Crippen molar-refractivity contribution in [1.82, 2.24) is 0 Å². The smallest absolute Gasteiger partial charge is 0.204 e. The fraction of sp³-hybridized carbons (Fsp3) is 0.364. The van der Waals surface area contributed by atoms with Crippen LogP contribution in [-0.2, 0) is 4.74 Å². The van der Waals surface area contributed by atoms with Crippen molar-refractivity contribution in [3.8, 4) is 17.2 Å². The zero-order valence-corrected chi connectivity index (χ0v) is 16.8. The van der Waals surface area contributed by atoms with Crippen molar-refractivity contribution in [2.45, 2.75) is 33.3 Å². The van der Waals surface area contributed by atoms with Crippen molar-refractivity contribution in [3.05, 3.63) is 52.1 Å². The van der Waals surface area contributed by atoms with Gasteiger partial charge < -0.3 is 19.7 Å². The normalized spacial score (nSPS) is 12.1. The van der Waals surface area contributed by atoms with E-state index in [1.165, 1.54) is 25.3 Å². The van der Waals surface area contributed by atoms with Crippen LogP contribution < -0.4 is 4.74 Å². The van der Waals surface area contributed by atoms with E-state index < -0.39 is 5.78 Å². The van der Waals surface area contributed by atoms with Crippen LogP contribution in [0.5, 0.6) is 17.2 Å². The minimum atomic E-state index is -0.699. The number of phenols is 2. The van der Waals surface area contributed by atoms with Gasteiger partial charge in [0.2, 0.25) is 5.78 Å². The lowest BCUT2D eigenvalue weighted by atomic mass is 9.91. The number of methoxy groups -OCH3 is 2. The molecule has 0 saturated carbocycles. The SMILES string of the molecule is COc1c([C@@H](CC(C)C)OC)ccc(O)c1C(=O)c1c(O)cc(C)cc1C=O. The molecule has 0 bridgehead atoms. The van der Waals surface area contributed by atoms with Gasteiger partial charge >= 0.3 is 0 Å². The van der Waals surface area contributed by atoms with Crippen LogP contribution in [0.1, 0.15) is 63.8 Å². The number of aromatic hydroxyl groups is 2. The lowest BCUT2D eigenvalue weighted by Gasteiger charge is -2.22. The first-order chi connectivity index (χ1) is 13.2. The Morgan fingerprint density at radius 2 is 1.79 bits per heavy atom. The summed E-state index contributed by atoms with van der Waals surface area (Å²) in [6.07, 6.45) is 0.837. The van der Waals surface area contributed by atoms with Crippen molar-refractivity contribution >= 4 is 12.1 Å². The Morgan fingerprint density at radius 1 is 1.11 bits per heavy atom. The second-order valence-corrected chi connectivity index (χ2v) is 7.13. The number of phenolic OH excluding ortho intramolecular Hbond substituents is 2. The molecule has 0 amide bonds. The van der Waals surface area contributed by atoms with Crippen molar-refractivity contribution in [2.24, 2.45) is 5.92 Å². The van der Waals surface area contributed by atoms with Gasteiger partial charge in [-0.1, -0.05) is 13.8 Å². The van der Waals surface area contributed by atoms with Gasteiger partial charge in [-0.05, 0) is 49.1 Å². The van der Waals surface area contributed by atoms with Crippen molar-refractivity contribution in [3.63, 3.8) is 0 Å². The van der Waals surface area contributed by atoms with E-state index in [1.54, 1.807) is 20.1 Å². The maximum Gasteiger partial charge on any atom is 0.204 e. The average Bonchev–Trinajstić information content (AvgIpc) is 2.64. The second kappa shape index (κ2) is 8.89. The lowest BCUT2D eigenvalue weighted by molar-refractivity contribution is 0.0820. The van der Waals surface area contributed by atoms with Gasteiger partial charge in [-0.2, -0.15) is 0 Å². The predicted molar refractivity (Wildman–Crippen MR) is 106 cm³/mol. The van der Waals surface area contributed by atoms with E-state index in [0.717, 1.165) is 0 Å². The molecule has 0 radical (unpaired) electrons. The van der Waals surface area contributed by atoms with E-state index >= 15 is 0 Å². The number of hydrogen-bond donors (Lipinski definition) is 2. The molecule has 0 heterocycles. The summed E-state index contributed by atoms with van der Waals surface area (Å²) in [6.45, 7) is 5.80. The third-order valence-corrected chi connectivity index (χ3v) is 4.56. The van der Waals surface area contributed by atoms with Crippen molar-refractivity contribution in [1.29, 1.82) is 0 Å². The zero-order valence-electron chi connectivity index (χ0n) is 16.8. The molecule has 6 nitrogen and oxygen atoms in total. The summed E-state index contributed by atoms with van der Waals surface area (Å²) in [5.74, 6) is -0.846. The molecule has 0 spiro atoms. The topological polar surface area (TPSA) is 93.1 Å². The van der Waals surface area contributed by atoms with Crippen molar-refractivity contribution < 1.29 is 29.3 Å². The highest BCUT2D eigenvalue weighted by molar-refractivity contribution is 6.17. The molecule has 0 saturated heterocycles. The number of carbonyl (C=O) groups excluding carboxylic acids is 2. The van der Waals surface area contributed by atoms with Crippen LogP contribution in [0.4, 0.5) is 0 Å². The number of aryl methyl sites for hydroxylation is 1. The van der Waals surface area contributed by atoms with E-state index in [1.807, 2.05) is 13.8 Å². The number of ether oxygens (including phenoxy) is 2. The number of carbonyl (C=O) groups is 2. The molecule has 0 aliphatic heterocycles. The standard InChI is InChI=1S/C22H26O6/c1-12(2)8-18(27-4)15-6-7-16(24)20(22(15)28-5)21(26)19-14(11-23)9-13(3)10-17(19)25/h6-7,9-12,18,24-25H,8H2,1-5H3/t18-/m1/s1. The molecule has 150 valence electrons. The van der Waals surface area contributed by atoms with E-state index in [0.29, 0.717) is 29.8 Å². The Morgan fingerprint density at radius 3 is 2.32 bits per heavy atom. The van der Waals surface area contributed by atoms with Gasteiger partial charge in [0.25, 0.3) is 0 Å². The highest BCUT2D eigenvalue weighted by atomic mass is 16.5. The van der Waals surface area contributed by atoms with Crippen LogP contribution >= 0.6 is 0 Å². The van der Waals surface area contributed by atoms with E-state index in [-0.39, 0.29) is 40.0 Å². The van der Waals surface area contributed by atoms with Gasteiger partial charge in [0, 0.05) is 18.2 Å². The number of rotatable bonds is 8. The molecule has 1 atom stereocenters. The monoisotopic (exact) mass is 386 g/mol. The van der Waals surface area contributed by atoms with E-state index in [4.69, 9.17) is 9.47 Å². The first-order valence-corrected chi connectivity index (χ1v) is 9.01. The van der Waals surface area contributed by atoms with Crippen LogP contribution in [-0.4, -0.2) is 36.5 Å². The third kappa shape index (κ3) is 4.17. The largest absolute Gasteiger partial charge is 0.507 e. The Hall–Kier alpha value is -2.86. The van der Waals surface area contributed by atoms with Gasteiger partial charge in [0.1, 0.15) is 22.8 Å². The fourth-order valence-electron chi connectivity index (χ4n) is 3.32. The van der Waals surface area contributed by atoms with E-state index in [9.17, 15) is 19.8 Å². The summed E-state index contributed by atoms with van der Waals surface area (Å²) in [7, 11) is 2.96. The minimum absolute atomic E-state index is 0.0415. The predicted octanol–water partition coefficient (Wildman–Crippen LogP) is 4.19. The van der Waals surface area contributed by atoms with E-state index in [2.05, 4.69) is 0 Å². The summed E-state index contributed by atoms with van der Waals surface area (Å²) in [4.78, 5) is 24.7. The molecule has 0 aromatic heterocycles. The molecule has 0 aliphatic rings. The van der Waals surface area contributed by atoms with Gasteiger partial charge in [-0.15, -0.1) is 0 Å². The van der Waals surface area contributed by atoms with Crippen molar-refractivity contribution in [2.75, 3.05) is 14.2 Å². The Balaban J connectivity index is 2.71. The maximum absolute atomic E-state index is 13.2. The molecule has 6 heteroatoms. The molecule has 0 aliphatic carbocycles. The minimum Gasteiger partial charge on any atom is -0.507 e. The zero-order chi connectivity index (χ0) is 21.0. The van der Waals surface area contributed by atoms with Gasteiger partial charge in [-0.25, -0.2) is 0 Å². The number of ketones is 1. The van der Waals surface area contributed by atoms with Crippen LogP contribution in [0, 0.1) is 12.8 Å². The van der Waals surface area contributed by atoms with Crippen LogP contribution in [0.3, 0.4) is 0 Å². The Bertz CT molecular complexity index is 885. The summed E-state index contributed by atoms with van der Waals surface area (Å²) in [5.41, 5.74) is 0.994. The van der Waals surface area contributed by atoms with Crippen LogP contribution in [0.25, 0.3) is 0 Å². The van der Waals surface area contributed by atoms with Crippen LogP contribution in [0.2, 0.25) is 0 Å². The first-order valence-electron chi connectivity index (χ1n) is 9.01. The number of hydrogen-bond acceptors (Lipinski definition) is 6. The Labute approximate surface area is 164 Å². The summed E-state index contributed by atoms with van der Waals surface area (Å²) in [5, 5.41) is 20.7. The molecule has 0 unspecified atom stereocenters. The number of aldehydes is 1. The highest BCUT2D eigenvalue weighted by Gasteiger charge is 2.29. The van der Waals surface area contributed by atoms with Gasteiger partial charge in [0.05, 0.1) is 18.8 Å². The Kier molecular flexibility index (Phi) is 6.80. The first kappa shape index (κ1) is 21.4. The fourth-order valence-corrected chi connectivity index (χ4v) is 3.32. The average molecular weight is 386 g/mol. The molecule has 28 heavy (non-hydrogen) atoms. The van der Waals surface area contributed by atoms with Gasteiger partial charge in [0.15, 0.2) is 6.29 Å². The second-order valence-electron chi connectivity index (χ2n) is 7.13.